The van der Waals surface area contributed by atoms with Crippen LogP contribution < -0.4 is 17.1 Å². The van der Waals surface area contributed by atoms with Crippen LogP contribution in [0.15, 0.2) is 102 Å². The number of hydrogen-bond donors (Lipinski definition) is 0. The van der Waals surface area contributed by atoms with Gasteiger partial charge < -0.3 is 0 Å². The summed E-state index contributed by atoms with van der Waals surface area (Å²) in [6.45, 7) is -0.449. The monoisotopic (exact) mass is 522 g/mol. The summed E-state index contributed by atoms with van der Waals surface area (Å²) in [5.74, 6) is 0. The quantitative estimate of drug-likeness (QED) is 0.243. The number of nitrogens with zero attached hydrogens (tertiary/aromatic N) is 6. The highest BCUT2D eigenvalue weighted by atomic mass is 16.2. The highest BCUT2D eigenvalue weighted by molar-refractivity contribution is 5.50. The number of hydrogen-bond acceptors (Lipinski definition) is 9. The summed E-state index contributed by atoms with van der Waals surface area (Å²) < 4.78 is 2.82. The molecule has 0 spiro atoms. The van der Waals surface area contributed by atoms with E-state index in [4.69, 9.17) is 0 Å². The predicted octanol–water partition coefficient (Wildman–Crippen LogP) is 2.22. The molecular weight excluding hydrogens is 504 g/mol. The van der Waals surface area contributed by atoms with Gasteiger partial charge in [-0.05, 0) is 53.1 Å². The third-order valence-corrected chi connectivity index (χ3v) is 5.74. The van der Waals surface area contributed by atoms with Crippen LogP contribution in [0.1, 0.15) is 16.7 Å². The average molecular weight is 522 g/mol. The molecule has 0 saturated carbocycles. The van der Waals surface area contributed by atoms with Crippen molar-refractivity contribution in [1.29, 1.82) is 0 Å². The topological polar surface area (TPSA) is 154 Å². The van der Waals surface area contributed by atoms with Gasteiger partial charge in [-0.25, -0.2) is 42.5 Å². The first-order chi connectivity index (χ1) is 18.9. The third kappa shape index (κ3) is 6.14. The van der Waals surface area contributed by atoms with Gasteiger partial charge in [0, 0.05) is 0 Å². The van der Waals surface area contributed by atoms with Crippen molar-refractivity contribution in [3.63, 3.8) is 0 Å². The van der Waals surface area contributed by atoms with Gasteiger partial charge in [0.2, 0.25) is 18.2 Å². The lowest BCUT2D eigenvalue weighted by atomic mass is 10.2. The van der Waals surface area contributed by atoms with Gasteiger partial charge in [0.25, 0.3) is 0 Å². The van der Waals surface area contributed by atoms with E-state index < -0.39 is 17.1 Å². The molecular formula is C27H18N6O6. The Morgan fingerprint density at radius 1 is 0.436 bits per heavy atom. The molecule has 0 N–H and O–H groups in total. The van der Waals surface area contributed by atoms with Crippen molar-refractivity contribution in [2.75, 3.05) is 0 Å². The molecule has 0 fully saturated rings. The Hall–Kier alpha value is -5.79. The highest BCUT2D eigenvalue weighted by Crippen LogP contribution is 2.14. The molecule has 0 aliphatic carbocycles. The zero-order valence-corrected chi connectivity index (χ0v) is 20.2. The van der Waals surface area contributed by atoms with E-state index in [1.807, 2.05) is 0 Å². The summed E-state index contributed by atoms with van der Waals surface area (Å²) in [6, 6.07) is 18.8. The van der Waals surface area contributed by atoms with Crippen molar-refractivity contribution in [3.8, 4) is 0 Å². The fourth-order valence-corrected chi connectivity index (χ4v) is 3.82. The van der Waals surface area contributed by atoms with Gasteiger partial charge in [-0.15, -0.1) is 0 Å². The standard InChI is InChI=1S/C27H18N6O6/c34-16-28-22-7-1-19(2-8-22)13-31-25(37)32(14-20-3-9-23(10-4-20)29-17-35)27(39)33(26(31)38)15-21-5-11-24(12-6-21)30-18-36/h1-12H,13-15H2. The van der Waals surface area contributed by atoms with E-state index in [1.165, 1.54) is 54.6 Å². The maximum absolute atomic E-state index is 13.4. The van der Waals surface area contributed by atoms with E-state index in [0.717, 1.165) is 13.7 Å². The van der Waals surface area contributed by atoms with Crippen LogP contribution in [0.25, 0.3) is 0 Å². The Bertz CT molecular complexity index is 1580. The first-order valence-corrected chi connectivity index (χ1v) is 11.4. The van der Waals surface area contributed by atoms with Crippen LogP contribution in [0, 0.1) is 0 Å². The lowest BCUT2D eigenvalue weighted by Crippen LogP contribution is -2.54. The van der Waals surface area contributed by atoms with Crippen molar-refractivity contribution in [2.24, 2.45) is 15.0 Å². The molecule has 0 unspecified atom stereocenters. The minimum absolute atomic E-state index is 0.150. The third-order valence-electron chi connectivity index (χ3n) is 5.74. The number of carbonyl (C=O) groups excluding carboxylic acids is 3. The van der Waals surface area contributed by atoms with Gasteiger partial charge in [0.15, 0.2) is 0 Å². The molecule has 192 valence electrons. The van der Waals surface area contributed by atoms with Crippen LogP contribution in [0.5, 0.6) is 0 Å². The van der Waals surface area contributed by atoms with E-state index >= 15 is 0 Å². The lowest BCUT2D eigenvalue weighted by molar-refractivity contribution is 0.492. The summed E-state index contributed by atoms with van der Waals surface area (Å²) in [5, 5.41) is 0. The minimum atomic E-state index is -0.818. The molecule has 0 radical (unpaired) electrons. The van der Waals surface area contributed by atoms with Gasteiger partial charge >= 0.3 is 17.1 Å². The second-order valence-corrected chi connectivity index (χ2v) is 8.21. The molecule has 0 aliphatic heterocycles. The molecule has 1 heterocycles. The Balaban J connectivity index is 1.81. The number of aromatic nitrogens is 3. The van der Waals surface area contributed by atoms with Crippen molar-refractivity contribution < 1.29 is 14.4 Å². The molecule has 39 heavy (non-hydrogen) atoms. The predicted molar refractivity (Wildman–Crippen MR) is 139 cm³/mol. The van der Waals surface area contributed by atoms with Crippen LogP contribution in [-0.2, 0) is 34.0 Å². The van der Waals surface area contributed by atoms with Crippen molar-refractivity contribution >= 4 is 35.3 Å². The Morgan fingerprint density at radius 2 is 0.667 bits per heavy atom. The number of benzene rings is 3. The molecule has 3 aromatic carbocycles. The van der Waals surface area contributed by atoms with Crippen molar-refractivity contribution in [3.05, 3.63) is 121 Å². The van der Waals surface area contributed by atoms with E-state index in [-0.39, 0.29) is 19.6 Å². The summed E-state index contributed by atoms with van der Waals surface area (Å²) in [7, 11) is 0. The lowest BCUT2D eigenvalue weighted by Gasteiger charge is -2.15. The number of isocyanates is 3. The number of aliphatic imine (C=N–C) groups is 3. The normalized spacial score (nSPS) is 10.2. The van der Waals surface area contributed by atoms with Gasteiger partial charge in [-0.1, -0.05) is 36.4 Å². The van der Waals surface area contributed by atoms with Crippen LogP contribution in [0.2, 0.25) is 0 Å². The largest absolute Gasteiger partial charge is 0.336 e. The summed E-state index contributed by atoms with van der Waals surface area (Å²) in [4.78, 5) is 82.2. The first-order valence-electron chi connectivity index (χ1n) is 11.4. The molecule has 4 rings (SSSR count). The molecule has 0 amide bonds. The first kappa shape index (κ1) is 26.3. The average Bonchev–Trinajstić information content (AvgIpc) is 2.95. The van der Waals surface area contributed by atoms with Crippen molar-refractivity contribution in [1.82, 2.24) is 13.7 Å². The summed E-state index contributed by atoms with van der Waals surface area (Å²) >= 11 is 0. The second kappa shape index (κ2) is 12.0. The van der Waals surface area contributed by atoms with Gasteiger partial charge in [0.1, 0.15) is 0 Å². The molecule has 0 saturated heterocycles. The van der Waals surface area contributed by atoms with Crippen molar-refractivity contribution in [2.45, 2.75) is 19.6 Å². The van der Waals surface area contributed by atoms with Crippen LogP contribution in [0.3, 0.4) is 0 Å². The SMILES string of the molecule is O=C=Nc1ccc(Cn2c(=O)n(Cc3ccc(N=C=O)cc3)c(=O)n(Cc3ccc(N=C=O)cc3)c2=O)cc1. The van der Waals surface area contributed by atoms with Crippen LogP contribution >= 0.6 is 0 Å². The highest BCUT2D eigenvalue weighted by Gasteiger charge is 2.17. The fourth-order valence-electron chi connectivity index (χ4n) is 3.82. The molecule has 0 bridgehead atoms. The molecule has 4 aromatic rings. The fraction of sp³-hybridized carbons (Fsp3) is 0.111. The van der Waals surface area contributed by atoms with Crippen LogP contribution in [0.4, 0.5) is 17.1 Å². The zero-order valence-electron chi connectivity index (χ0n) is 20.2. The molecule has 0 aliphatic rings. The van der Waals surface area contributed by atoms with E-state index in [0.29, 0.717) is 33.8 Å². The second-order valence-electron chi connectivity index (χ2n) is 8.21. The summed E-state index contributed by atoms with van der Waals surface area (Å²) in [5.41, 5.74) is 0.286. The smallest absolute Gasteiger partial charge is 0.247 e. The molecule has 12 nitrogen and oxygen atoms in total. The zero-order chi connectivity index (χ0) is 27.8. The molecule has 12 heteroatoms. The maximum Gasteiger partial charge on any atom is 0.336 e. The van der Waals surface area contributed by atoms with E-state index in [9.17, 15) is 28.8 Å². The van der Waals surface area contributed by atoms with Gasteiger partial charge in [-0.2, -0.15) is 15.0 Å². The minimum Gasteiger partial charge on any atom is -0.247 e. The number of rotatable bonds is 9. The van der Waals surface area contributed by atoms with Gasteiger partial charge in [-0.3, -0.25) is 0 Å². The molecule has 1 aromatic heterocycles. The van der Waals surface area contributed by atoms with Crippen LogP contribution in [-0.4, -0.2) is 31.9 Å². The Labute approximate surface area is 219 Å². The Kier molecular flexibility index (Phi) is 8.06. The summed E-state index contributed by atoms with van der Waals surface area (Å²) in [6.07, 6.45) is 4.32. The maximum atomic E-state index is 13.4. The van der Waals surface area contributed by atoms with E-state index in [1.54, 1.807) is 36.4 Å². The van der Waals surface area contributed by atoms with Gasteiger partial charge in [0.05, 0.1) is 36.7 Å². The van der Waals surface area contributed by atoms with E-state index in [2.05, 4.69) is 15.0 Å². The molecule has 0 atom stereocenters. The Morgan fingerprint density at radius 3 is 0.872 bits per heavy atom.